The zero-order chi connectivity index (χ0) is 16.2. The number of carboxylic acid groups (broad SMARTS) is 1. The summed E-state index contributed by atoms with van der Waals surface area (Å²) in [5, 5.41) is 12.1. The summed E-state index contributed by atoms with van der Waals surface area (Å²) >= 11 is 0. The van der Waals surface area contributed by atoms with Gasteiger partial charge in [0, 0.05) is 6.54 Å². The first-order valence-electron chi connectivity index (χ1n) is 7.91. The van der Waals surface area contributed by atoms with Crippen LogP contribution in [0.1, 0.15) is 45.1 Å². The Balaban J connectivity index is 1.91. The Kier molecular flexibility index (Phi) is 4.89. The van der Waals surface area contributed by atoms with Crippen molar-refractivity contribution >= 4 is 11.9 Å². The number of benzene rings is 1. The van der Waals surface area contributed by atoms with Crippen LogP contribution in [-0.4, -0.2) is 23.5 Å². The first-order valence-corrected chi connectivity index (χ1v) is 7.91. The van der Waals surface area contributed by atoms with Crippen LogP contribution >= 0.6 is 0 Å². The van der Waals surface area contributed by atoms with E-state index < -0.39 is 11.4 Å². The number of carboxylic acids is 1. The second-order valence-corrected chi connectivity index (χ2v) is 6.99. The van der Waals surface area contributed by atoms with Crippen molar-refractivity contribution in [3.05, 3.63) is 35.9 Å². The fraction of sp³-hybridized carbons (Fsp3) is 0.556. The van der Waals surface area contributed by atoms with Crippen LogP contribution in [0.2, 0.25) is 0 Å². The molecule has 0 spiro atoms. The van der Waals surface area contributed by atoms with Crippen molar-refractivity contribution in [2.75, 3.05) is 6.54 Å². The second-order valence-electron chi connectivity index (χ2n) is 6.99. The first kappa shape index (κ1) is 16.5. The predicted molar refractivity (Wildman–Crippen MR) is 85.5 cm³/mol. The normalized spacial score (nSPS) is 16.6. The van der Waals surface area contributed by atoms with Gasteiger partial charge >= 0.3 is 5.97 Å². The molecule has 0 radical (unpaired) electrons. The van der Waals surface area contributed by atoms with Crippen LogP contribution in [0, 0.1) is 10.8 Å². The van der Waals surface area contributed by atoms with E-state index in [-0.39, 0.29) is 11.3 Å². The zero-order valence-electron chi connectivity index (χ0n) is 13.4. The van der Waals surface area contributed by atoms with Gasteiger partial charge < -0.3 is 10.4 Å². The quantitative estimate of drug-likeness (QED) is 0.813. The lowest BCUT2D eigenvalue weighted by Gasteiger charge is -2.40. The largest absolute Gasteiger partial charge is 0.481 e. The van der Waals surface area contributed by atoms with Crippen LogP contribution in [0.3, 0.4) is 0 Å². The van der Waals surface area contributed by atoms with Crippen molar-refractivity contribution in [1.29, 1.82) is 0 Å². The van der Waals surface area contributed by atoms with Crippen LogP contribution < -0.4 is 5.32 Å². The SMILES string of the molecule is CC(C)(CCNC(=O)C1(Cc2ccccc2)CCC1)C(=O)O. The Morgan fingerprint density at radius 1 is 1.23 bits per heavy atom. The van der Waals surface area contributed by atoms with Crippen molar-refractivity contribution in [2.45, 2.75) is 46.0 Å². The molecule has 1 aromatic carbocycles. The number of carbonyl (C=O) groups excluding carboxylic acids is 1. The fourth-order valence-electron chi connectivity index (χ4n) is 2.86. The molecule has 0 heterocycles. The number of amides is 1. The Morgan fingerprint density at radius 3 is 2.36 bits per heavy atom. The van der Waals surface area contributed by atoms with Crippen molar-refractivity contribution in [3.8, 4) is 0 Å². The number of aliphatic carboxylic acids is 1. The molecule has 120 valence electrons. The minimum atomic E-state index is -0.829. The van der Waals surface area contributed by atoms with Gasteiger partial charge in [0.05, 0.1) is 10.8 Å². The van der Waals surface area contributed by atoms with Crippen LogP contribution in [0.25, 0.3) is 0 Å². The number of rotatable bonds is 7. The number of hydrogen-bond donors (Lipinski definition) is 2. The van der Waals surface area contributed by atoms with Crippen molar-refractivity contribution < 1.29 is 14.7 Å². The molecule has 0 unspecified atom stereocenters. The maximum Gasteiger partial charge on any atom is 0.309 e. The topological polar surface area (TPSA) is 66.4 Å². The molecule has 1 aliphatic rings. The highest BCUT2D eigenvalue weighted by atomic mass is 16.4. The molecule has 1 amide bonds. The molecule has 1 aliphatic carbocycles. The van der Waals surface area contributed by atoms with E-state index in [0.717, 1.165) is 25.7 Å². The van der Waals surface area contributed by atoms with Gasteiger partial charge in [-0.1, -0.05) is 36.8 Å². The maximum absolute atomic E-state index is 12.5. The molecule has 0 saturated heterocycles. The predicted octanol–water partition coefficient (Wildman–Crippen LogP) is 3.02. The highest BCUT2D eigenvalue weighted by Gasteiger charge is 2.43. The molecule has 2 rings (SSSR count). The average molecular weight is 303 g/mol. The Bertz CT molecular complexity index is 533. The van der Waals surface area contributed by atoms with E-state index in [9.17, 15) is 9.59 Å². The lowest BCUT2D eigenvalue weighted by Crippen LogP contribution is -2.48. The van der Waals surface area contributed by atoms with E-state index >= 15 is 0 Å². The van der Waals surface area contributed by atoms with Crippen molar-refractivity contribution in [2.24, 2.45) is 10.8 Å². The molecular weight excluding hydrogens is 278 g/mol. The van der Waals surface area contributed by atoms with Gasteiger partial charge in [-0.15, -0.1) is 0 Å². The lowest BCUT2D eigenvalue weighted by molar-refractivity contribution is -0.147. The average Bonchev–Trinajstić information content (AvgIpc) is 2.43. The monoisotopic (exact) mass is 303 g/mol. The second kappa shape index (κ2) is 6.51. The maximum atomic E-state index is 12.5. The molecule has 0 aromatic heterocycles. The third-order valence-electron chi connectivity index (χ3n) is 4.79. The summed E-state index contributed by atoms with van der Waals surface area (Å²) < 4.78 is 0. The van der Waals surface area contributed by atoms with Gasteiger partial charge in [0.25, 0.3) is 0 Å². The van der Waals surface area contributed by atoms with Crippen LogP contribution in [0.5, 0.6) is 0 Å². The molecule has 0 atom stereocenters. The van der Waals surface area contributed by atoms with Crippen LogP contribution in [-0.2, 0) is 16.0 Å². The molecular formula is C18H25NO3. The summed E-state index contributed by atoms with van der Waals surface area (Å²) in [5.41, 5.74) is 0.0806. The summed E-state index contributed by atoms with van der Waals surface area (Å²) in [6.45, 7) is 3.78. The van der Waals surface area contributed by atoms with Gasteiger partial charge in [0.2, 0.25) is 5.91 Å². The highest BCUT2D eigenvalue weighted by Crippen LogP contribution is 2.44. The minimum absolute atomic E-state index is 0.0730. The highest BCUT2D eigenvalue weighted by molar-refractivity contribution is 5.84. The molecule has 22 heavy (non-hydrogen) atoms. The van der Waals surface area contributed by atoms with Gasteiger partial charge in [-0.2, -0.15) is 0 Å². The molecule has 0 aliphatic heterocycles. The zero-order valence-corrected chi connectivity index (χ0v) is 13.4. The van der Waals surface area contributed by atoms with Gasteiger partial charge in [0.15, 0.2) is 0 Å². The third-order valence-corrected chi connectivity index (χ3v) is 4.79. The van der Waals surface area contributed by atoms with Gasteiger partial charge in [0.1, 0.15) is 0 Å². The van der Waals surface area contributed by atoms with E-state index in [4.69, 9.17) is 5.11 Å². The smallest absolute Gasteiger partial charge is 0.309 e. The summed E-state index contributed by atoms with van der Waals surface area (Å²) in [4.78, 5) is 23.6. The van der Waals surface area contributed by atoms with Gasteiger partial charge in [-0.05, 0) is 45.1 Å². The summed E-state index contributed by atoms with van der Waals surface area (Å²) in [6.07, 6.45) is 4.12. The molecule has 1 aromatic rings. The summed E-state index contributed by atoms with van der Waals surface area (Å²) in [6, 6.07) is 10.1. The Hall–Kier alpha value is -1.84. The van der Waals surface area contributed by atoms with E-state index in [0.29, 0.717) is 13.0 Å². The molecule has 2 N–H and O–H groups in total. The van der Waals surface area contributed by atoms with E-state index in [2.05, 4.69) is 17.4 Å². The lowest BCUT2D eigenvalue weighted by atomic mass is 9.64. The molecule has 4 nitrogen and oxygen atoms in total. The van der Waals surface area contributed by atoms with Crippen molar-refractivity contribution in [3.63, 3.8) is 0 Å². The van der Waals surface area contributed by atoms with E-state index in [1.165, 1.54) is 5.56 Å². The standard InChI is InChI=1S/C18H25NO3/c1-17(2,16(21)22)11-12-19-15(20)18(9-6-10-18)13-14-7-4-3-5-8-14/h3-5,7-8H,6,9-13H2,1-2H3,(H,19,20)(H,21,22). The third kappa shape index (κ3) is 3.67. The summed E-state index contributed by atoms with van der Waals surface area (Å²) in [5.74, 6) is -0.756. The van der Waals surface area contributed by atoms with Gasteiger partial charge in [-0.25, -0.2) is 0 Å². The molecule has 4 heteroatoms. The number of nitrogens with one attached hydrogen (secondary N) is 1. The van der Waals surface area contributed by atoms with E-state index in [1.807, 2.05) is 18.2 Å². The molecule has 0 bridgehead atoms. The summed E-state index contributed by atoms with van der Waals surface area (Å²) in [7, 11) is 0. The van der Waals surface area contributed by atoms with E-state index in [1.54, 1.807) is 13.8 Å². The van der Waals surface area contributed by atoms with Crippen LogP contribution in [0.15, 0.2) is 30.3 Å². The molecule has 1 saturated carbocycles. The Labute approximate surface area is 131 Å². The number of carbonyl (C=O) groups is 2. The van der Waals surface area contributed by atoms with Crippen LogP contribution in [0.4, 0.5) is 0 Å². The Morgan fingerprint density at radius 2 is 1.86 bits per heavy atom. The van der Waals surface area contributed by atoms with Gasteiger partial charge in [-0.3, -0.25) is 9.59 Å². The fourth-order valence-corrected chi connectivity index (χ4v) is 2.86. The number of hydrogen-bond acceptors (Lipinski definition) is 2. The van der Waals surface area contributed by atoms with Crippen molar-refractivity contribution in [1.82, 2.24) is 5.32 Å². The molecule has 1 fully saturated rings. The first-order chi connectivity index (χ1) is 10.4. The minimum Gasteiger partial charge on any atom is -0.481 e.